The molecule has 19 heavy (non-hydrogen) atoms. The summed E-state index contributed by atoms with van der Waals surface area (Å²) >= 11 is 0. The Morgan fingerprint density at radius 2 is 2.21 bits per heavy atom. The van der Waals surface area contributed by atoms with Gasteiger partial charge in [-0.15, -0.1) is 0 Å². The Bertz CT molecular complexity index is 449. The molecule has 2 saturated carbocycles. The molecule has 1 amide bonds. The molecule has 3 rings (SSSR count). The molecule has 2 aliphatic carbocycles. The van der Waals surface area contributed by atoms with Gasteiger partial charge in [-0.05, 0) is 25.2 Å². The molecule has 4 heteroatoms. The number of rotatable bonds is 4. The smallest absolute Gasteiger partial charge is 0.223 e. The third-order valence-electron chi connectivity index (χ3n) is 4.71. The van der Waals surface area contributed by atoms with E-state index in [4.69, 9.17) is 4.52 Å². The minimum atomic E-state index is 0.206. The van der Waals surface area contributed by atoms with Gasteiger partial charge in [-0.25, -0.2) is 0 Å². The van der Waals surface area contributed by atoms with Gasteiger partial charge in [-0.3, -0.25) is 4.79 Å². The molecule has 0 spiro atoms. The van der Waals surface area contributed by atoms with E-state index in [-0.39, 0.29) is 11.8 Å². The summed E-state index contributed by atoms with van der Waals surface area (Å²) in [6.07, 6.45) is 9.46. The van der Waals surface area contributed by atoms with Crippen LogP contribution >= 0.6 is 0 Å². The number of nitrogens with zero attached hydrogens (tertiary/aromatic N) is 1. The Morgan fingerprint density at radius 3 is 2.89 bits per heavy atom. The maximum Gasteiger partial charge on any atom is 0.223 e. The Balaban J connectivity index is 1.46. The quantitative estimate of drug-likeness (QED) is 0.907. The van der Waals surface area contributed by atoms with Gasteiger partial charge >= 0.3 is 0 Å². The molecule has 1 aromatic rings. The predicted octanol–water partition coefficient (Wildman–Crippen LogP) is 2.82. The normalized spacial score (nSPS) is 27.2. The number of amides is 1. The molecule has 0 aromatic carbocycles. The summed E-state index contributed by atoms with van der Waals surface area (Å²) in [5, 5.41) is 6.88. The third kappa shape index (κ3) is 2.82. The van der Waals surface area contributed by atoms with Crippen LogP contribution in [0.4, 0.5) is 0 Å². The van der Waals surface area contributed by atoms with Gasteiger partial charge < -0.3 is 9.84 Å². The van der Waals surface area contributed by atoms with Crippen LogP contribution in [0.5, 0.6) is 0 Å². The van der Waals surface area contributed by atoms with Gasteiger partial charge in [0.15, 0.2) is 0 Å². The predicted molar refractivity (Wildman–Crippen MR) is 71.3 cm³/mol. The van der Waals surface area contributed by atoms with Crippen molar-refractivity contribution in [1.29, 1.82) is 0 Å². The second-order valence-electron chi connectivity index (χ2n) is 6.07. The van der Waals surface area contributed by atoms with Crippen molar-refractivity contribution in [3.63, 3.8) is 0 Å². The summed E-state index contributed by atoms with van der Waals surface area (Å²) in [5.41, 5.74) is 1.84. The number of hydrogen-bond acceptors (Lipinski definition) is 3. The van der Waals surface area contributed by atoms with E-state index in [9.17, 15) is 4.79 Å². The summed E-state index contributed by atoms with van der Waals surface area (Å²) in [4.78, 5) is 12.1. The van der Waals surface area contributed by atoms with Crippen LogP contribution < -0.4 is 5.32 Å². The first-order valence-corrected chi connectivity index (χ1v) is 7.43. The van der Waals surface area contributed by atoms with Crippen molar-refractivity contribution < 1.29 is 9.32 Å². The Morgan fingerprint density at radius 1 is 1.42 bits per heavy atom. The van der Waals surface area contributed by atoms with E-state index in [0.29, 0.717) is 12.5 Å². The highest BCUT2D eigenvalue weighted by molar-refractivity contribution is 5.81. The zero-order valence-electron chi connectivity index (χ0n) is 11.5. The third-order valence-corrected chi connectivity index (χ3v) is 4.71. The first kappa shape index (κ1) is 12.7. The summed E-state index contributed by atoms with van der Waals surface area (Å²) in [7, 11) is 0. The summed E-state index contributed by atoms with van der Waals surface area (Å²) in [5.74, 6) is 1.92. The topological polar surface area (TPSA) is 55.1 Å². The van der Waals surface area contributed by atoms with E-state index in [2.05, 4.69) is 10.5 Å². The molecule has 2 fully saturated rings. The van der Waals surface area contributed by atoms with Crippen LogP contribution in [0.2, 0.25) is 0 Å². The minimum absolute atomic E-state index is 0.206. The molecule has 0 saturated heterocycles. The summed E-state index contributed by atoms with van der Waals surface area (Å²) < 4.78 is 4.87. The highest BCUT2D eigenvalue weighted by Gasteiger charge is 2.47. The second kappa shape index (κ2) is 5.35. The van der Waals surface area contributed by atoms with Crippen molar-refractivity contribution in [3.8, 4) is 0 Å². The van der Waals surface area contributed by atoms with Crippen molar-refractivity contribution in [2.45, 2.75) is 52.0 Å². The highest BCUT2D eigenvalue weighted by atomic mass is 16.5. The zero-order valence-corrected chi connectivity index (χ0v) is 11.5. The van der Waals surface area contributed by atoms with Crippen LogP contribution in [0.3, 0.4) is 0 Å². The summed E-state index contributed by atoms with van der Waals surface area (Å²) in [6, 6.07) is 0. The number of carbonyl (C=O) groups excluding carboxylic acids is 1. The molecular weight excluding hydrogens is 240 g/mol. The molecule has 4 nitrogen and oxygen atoms in total. The van der Waals surface area contributed by atoms with E-state index >= 15 is 0 Å². The molecule has 0 bridgehead atoms. The first-order valence-electron chi connectivity index (χ1n) is 7.43. The van der Waals surface area contributed by atoms with Crippen LogP contribution in [0, 0.1) is 24.7 Å². The first-order chi connectivity index (χ1) is 9.25. The largest absolute Gasteiger partial charge is 0.364 e. The number of carbonyl (C=O) groups is 1. The molecule has 2 unspecified atom stereocenters. The fourth-order valence-electron chi connectivity index (χ4n) is 3.38. The minimum Gasteiger partial charge on any atom is -0.364 e. The van der Waals surface area contributed by atoms with Crippen molar-refractivity contribution >= 4 is 5.91 Å². The van der Waals surface area contributed by atoms with Gasteiger partial charge in [-0.1, -0.05) is 37.3 Å². The lowest BCUT2D eigenvalue weighted by atomic mass is 9.85. The molecule has 0 aliphatic heterocycles. The van der Waals surface area contributed by atoms with Gasteiger partial charge in [0.1, 0.15) is 12.0 Å². The van der Waals surface area contributed by atoms with Gasteiger partial charge in [0.25, 0.3) is 0 Å². The standard InChI is InChI=1S/C15H22N2O2/c1-10-9-19-17-14(10)8-16-15(18)13-7-12(13)11-5-3-2-4-6-11/h9,11-13H,2-8H2,1H3,(H,16,18). The zero-order chi connectivity index (χ0) is 13.2. The Kier molecular flexibility index (Phi) is 3.58. The Hall–Kier alpha value is -1.32. The lowest BCUT2D eigenvalue weighted by Crippen LogP contribution is -2.26. The fourth-order valence-corrected chi connectivity index (χ4v) is 3.38. The Labute approximate surface area is 113 Å². The van der Waals surface area contributed by atoms with Crippen LogP contribution in [-0.4, -0.2) is 11.1 Å². The lowest BCUT2D eigenvalue weighted by molar-refractivity contribution is -0.123. The van der Waals surface area contributed by atoms with E-state index in [1.54, 1.807) is 6.26 Å². The molecular formula is C15H22N2O2. The molecule has 104 valence electrons. The maximum atomic E-state index is 12.1. The maximum absolute atomic E-state index is 12.1. The number of aromatic nitrogens is 1. The second-order valence-corrected chi connectivity index (χ2v) is 6.07. The number of nitrogens with one attached hydrogen (secondary N) is 1. The SMILES string of the molecule is Cc1conc1CNC(=O)C1CC1C1CCCCC1. The van der Waals surface area contributed by atoms with E-state index in [0.717, 1.165) is 23.6 Å². The van der Waals surface area contributed by atoms with Crippen LogP contribution in [-0.2, 0) is 11.3 Å². The molecule has 1 N–H and O–H groups in total. The van der Waals surface area contributed by atoms with Crippen molar-refractivity contribution in [2.24, 2.45) is 17.8 Å². The van der Waals surface area contributed by atoms with Crippen LogP contribution in [0.25, 0.3) is 0 Å². The van der Waals surface area contributed by atoms with E-state index in [1.165, 1.54) is 32.1 Å². The molecule has 2 atom stereocenters. The number of hydrogen-bond donors (Lipinski definition) is 1. The molecule has 1 aromatic heterocycles. The van der Waals surface area contributed by atoms with Gasteiger partial charge in [0.2, 0.25) is 5.91 Å². The van der Waals surface area contributed by atoms with Crippen molar-refractivity contribution in [1.82, 2.24) is 10.5 Å². The summed E-state index contributed by atoms with van der Waals surface area (Å²) in [6.45, 7) is 2.44. The van der Waals surface area contributed by atoms with Crippen molar-refractivity contribution in [3.05, 3.63) is 17.5 Å². The van der Waals surface area contributed by atoms with Crippen LogP contribution in [0.1, 0.15) is 49.8 Å². The monoisotopic (exact) mass is 262 g/mol. The average molecular weight is 262 g/mol. The van der Waals surface area contributed by atoms with E-state index < -0.39 is 0 Å². The molecule has 2 aliphatic rings. The average Bonchev–Trinajstić information content (AvgIpc) is 3.14. The molecule has 0 radical (unpaired) electrons. The van der Waals surface area contributed by atoms with Gasteiger partial charge in [0, 0.05) is 11.5 Å². The van der Waals surface area contributed by atoms with Gasteiger partial charge in [0.05, 0.1) is 6.54 Å². The fraction of sp³-hybridized carbons (Fsp3) is 0.733. The number of aryl methyl sites for hydroxylation is 1. The van der Waals surface area contributed by atoms with Gasteiger partial charge in [-0.2, -0.15) is 0 Å². The molecule has 1 heterocycles. The van der Waals surface area contributed by atoms with Crippen LogP contribution in [0.15, 0.2) is 10.8 Å². The highest BCUT2D eigenvalue weighted by Crippen LogP contribution is 2.49. The van der Waals surface area contributed by atoms with E-state index in [1.807, 2.05) is 6.92 Å². The lowest BCUT2D eigenvalue weighted by Gasteiger charge is -2.21. The van der Waals surface area contributed by atoms with Crippen molar-refractivity contribution in [2.75, 3.05) is 0 Å².